The molecule has 0 aliphatic carbocycles. The monoisotopic (exact) mass is 255 g/mol. The first kappa shape index (κ1) is 13.2. The molecule has 2 aromatic rings. The second kappa shape index (κ2) is 6.05. The van der Waals surface area contributed by atoms with Gasteiger partial charge in [-0.1, -0.05) is 12.1 Å². The molecule has 0 aliphatic rings. The molecular weight excluding hydrogens is 238 g/mol. The third kappa shape index (κ3) is 3.14. The van der Waals surface area contributed by atoms with Crippen LogP contribution in [0.25, 0.3) is 0 Å². The van der Waals surface area contributed by atoms with Gasteiger partial charge in [-0.3, -0.25) is 0 Å². The van der Waals surface area contributed by atoms with Gasteiger partial charge in [-0.2, -0.15) is 5.26 Å². The van der Waals surface area contributed by atoms with Crippen molar-refractivity contribution in [2.75, 3.05) is 6.61 Å². The molecule has 1 aromatic heterocycles. The van der Waals surface area contributed by atoms with Gasteiger partial charge in [0.1, 0.15) is 11.8 Å². The lowest BCUT2D eigenvalue weighted by molar-refractivity contribution is 0.300. The largest absolute Gasteiger partial charge is 0.492 e. The van der Waals surface area contributed by atoms with E-state index >= 15 is 0 Å². The van der Waals surface area contributed by atoms with Crippen LogP contribution in [0.15, 0.2) is 30.6 Å². The van der Waals surface area contributed by atoms with E-state index in [1.807, 2.05) is 31.5 Å². The molecule has 0 radical (unpaired) electrons. The molecule has 4 heteroatoms. The van der Waals surface area contributed by atoms with Crippen LogP contribution in [0, 0.1) is 25.2 Å². The van der Waals surface area contributed by atoms with Crippen LogP contribution in [0.3, 0.4) is 0 Å². The molecule has 0 N–H and O–H groups in total. The van der Waals surface area contributed by atoms with E-state index in [2.05, 4.69) is 22.5 Å². The Labute approximate surface area is 113 Å². The highest BCUT2D eigenvalue weighted by Gasteiger charge is 2.03. The molecule has 2 rings (SSSR count). The number of nitriles is 1. The highest BCUT2D eigenvalue weighted by Crippen LogP contribution is 2.16. The number of imidazole rings is 1. The van der Waals surface area contributed by atoms with Crippen LogP contribution in [0.4, 0.5) is 0 Å². The van der Waals surface area contributed by atoms with E-state index in [1.165, 1.54) is 5.69 Å². The topological polar surface area (TPSA) is 50.8 Å². The number of aryl methyl sites for hydroxylation is 2. The van der Waals surface area contributed by atoms with Crippen molar-refractivity contribution in [2.24, 2.45) is 0 Å². The minimum absolute atomic E-state index is 0.581. The van der Waals surface area contributed by atoms with Crippen molar-refractivity contribution in [1.29, 1.82) is 5.26 Å². The predicted octanol–water partition coefficient (Wildman–Crippen LogP) is 2.84. The maximum Gasteiger partial charge on any atom is 0.137 e. The summed E-state index contributed by atoms with van der Waals surface area (Å²) in [5.41, 5.74) is 2.84. The van der Waals surface area contributed by atoms with E-state index in [-0.39, 0.29) is 0 Å². The van der Waals surface area contributed by atoms with Crippen LogP contribution in [-0.4, -0.2) is 16.2 Å². The first-order chi connectivity index (χ1) is 9.22. The Bertz CT molecular complexity index is 596. The first-order valence-electron chi connectivity index (χ1n) is 6.32. The Kier molecular flexibility index (Phi) is 4.19. The summed E-state index contributed by atoms with van der Waals surface area (Å²) < 4.78 is 7.76. The zero-order valence-electron chi connectivity index (χ0n) is 11.3. The molecule has 0 atom stereocenters. The Morgan fingerprint density at radius 3 is 2.79 bits per heavy atom. The average Bonchev–Trinajstić information content (AvgIpc) is 2.76. The standard InChI is InChI=1S/C15H17N3O/c1-12-13(2)18(11-17-12)8-5-9-19-15-7-4-3-6-14(15)10-16/h3-4,6-7,11H,5,8-9H2,1-2H3. The summed E-state index contributed by atoms with van der Waals surface area (Å²) >= 11 is 0. The maximum absolute atomic E-state index is 8.95. The third-order valence-corrected chi connectivity index (χ3v) is 3.15. The van der Waals surface area contributed by atoms with Gasteiger partial charge in [-0.15, -0.1) is 0 Å². The number of benzene rings is 1. The van der Waals surface area contributed by atoms with Crippen molar-refractivity contribution in [2.45, 2.75) is 26.8 Å². The van der Waals surface area contributed by atoms with Crippen LogP contribution >= 0.6 is 0 Å². The molecule has 0 unspecified atom stereocenters. The SMILES string of the molecule is Cc1ncn(CCCOc2ccccc2C#N)c1C. The number of aromatic nitrogens is 2. The molecule has 98 valence electrons. The number of para-hydroxylation sites is 1. The fourth-order valence-electron chi connectivity index (χ4n) is 1.87. The zero-order valence-corrected chi connectivity index (χ0v) is 11.3. The molecule has 0 saturated carbocycles. The van der Waals surface area contributed by atoms with Crippen LogP contribution in [-0.2, 0) is 6.54 Å². The van der Waals surface area contributed by atoms with Gasteiger partial charge < -0.3 is 9.30 Å². The van der Waals surface area contributed by atoms with Crippen molar-refractivity contribution in [1.82, 2.24) is 9.55 Å². The van der Waals surface area contributed by atoms with Gasteiger partial charge in [0, 0.05) is 12.2 Å². The lowest BCUT2D eigenvalue weighted by Crippen LogP contribution is -2.05. The second-order valence-corrected chi connectivity index (χ2v) is 4.42. The summed E-state index contributed by atoms with van der Waals surface area (Å²) in [6, 6.07) is 9.42. The van der Waals surface area contributed by atoms with E-state index in [4.69, 9.17) is 10.00 Å². The molecule has 4 nitrogen and oxygen atoms in total. The zero-order chi connectivity index (χ0) is 13.7. The average molecular weight is 255 g/mol. The molecule has 0 spiro atoms. The molecule has 0 saturated heterocycles. The second-order valence-electron chi connectivity index (χ2n) is 4.42. The summed E-state index contributed by atoms with van der Waals surface area (Å²) in [5, 5.41) is 8.95. The summed E-state index contributed by atoms with van der Waals surface area (Å²) in [5.74, 6) is 0.656. The molecule has 19 heavy (non-hydrogen) atoms. The highest BCUT2D eigenvalue weighted by atomic mass is 16.5. The lowest BCUT2D eigenvalue weighted by Gasteiger charge is -2.08. The summed E-state index contributed by atoms with van der Waals surface area (Å²) in [7, 11) is 0. The molecule has 1 heterocycles. The number of ether oxygens (including phenoxy) is 1. The Balaban J connectivity index is 1.84. The van der Waals surface area contributed by atoms with Gasteiger partial charge in [0.2, 0.25) is 0 Å². The third-order valence-electron chi connectivity index (χ3n) is 3.15. The smallest absolute Gasteiger partial charge is 0.137 e. The van der Waals surface area contributed by atoms with Crippen LogP contribution in [0.2, 0.25) is 0 Å². The van der Waals surface area contributed by atoms with E-state index < -0.39 is 0 Å². The number of nitrogens with zero attached hydrogens (tertiary/aromatic N) is 3. The number of rotatable bonds is 5. The Morgan fingerprint density at radius 1 is 1.32 bits per heavy atom. The van der Waals surface area contributed by atoms with Gasteiger partial charge in [0.05, 0.1) is 24.2 Å². The quantitative estimate of drug-likeness (QED) is 0.772. The summed E-state index contributed by atoms with van der Waals surface area (Å²) in [4.78, 5) is 4.26. The van der Waals surface area contributed by atoms with Gasteiger partial charge >= 0.3 is 0 Å². The van der Waals surface area contributed by atoms with E-state index in [0.717, 1.165) is 18.7 Å². The highest BCUT2D eigenvalue weighted by molar-refractivity contribution is 5.42. The van der Waals surface area contributed by atoms with Crippen LogP contribution < -0.4 is 4.74 Å². The molecule has 0 bridgehead atoms. The van der Waals surface area contributed by atoms with Gasteiger partial charge in [0.25, 0.3) is 0 Å². The number of hydrogen-bond acceptors (Lipinski definition) is 3. The Hall–Kier alpha value is -2.28. The first-order valence-corrected chi connectivity index (χ1v) is 6.32. The Morgan fingerprint density at radius 2 is 2.11 bits per heavy atom. The normalized spacial score (nSPS) is 10.2. The minimum Gasteiger partial charge on any atom is -0.492 e. The van der Waals surface area contributed by atoms with E-state index in [9.17, 15) is 0 Å². The maximum atomic E-state index is 8.95. The van der Waals surface area contributed by atoms with E-state index in [1.54, 1.807) is 6.07 Å². The molecule has 0 fully saturated rings. The van der Waals surface area contributed by atoms with Crippen molar-refractivity contribution in [3.63, 3.8) is 0 Å². The number of hydrogen-bond donors (Lipinski definition) is 0. The minimum atomic E-state index is 0.581. The predicted molar refractivity (Wildman–Crippen MR) is 73.0 cm³/mol. The van der Waals surface area contributed by atoms with Gasteiger partial charge in [-0.25, -0.2) is 4.98 Å². The molecule has 1 aromatic carbocycles. The van der Waals surface area contributed by atoms with E-state index in [0.29, 0.717) is 17.9 Å². The molecular formula is C15H17N3O. The fourth-order valence-corrected chi connectivity index (χ4v) is 1.87. The van der Waals surface area contributed by atoms with Crippen molar-refractivity contribution in [3.8, 4) is 11.8 Å². The lowest BCUT2D eigenvalue weighted by atomic mass is 10.2. The fraction of sp³-hybridized carbons (Fsp3) is 0.333. The van der Waals surface area contributed by atoms with Gasteiger partial charge in [0.15, 0.2) is 0 Å². The molecule has 0 aliphatic heterocycles. The molecule has 0 amide bonds. The van der Waals surface area contributed by atoms with Crippen molar-refractivity contribution >= 4 is 0 Å². The summed E-state index contributed by atoms with van der Waals surface area (Å²) in [6.45, 7) is 5.54. The van der Waals surface area contributed by atoms with Gasteiger partial charge in [-0.05, 0) is 32.4 Å². The summed E-state index contributed by atoms with van der Waals surface area (Å²) in [6.07, 6.45) is 2.74. The van der Waals surface area contributed by atoms with Crippen LogP contribution in [0.1, 0.15) is 23.4 Å². The van der Waals surface area contributed by atoms with Crippen LogP contribution in [0.5, 0.6) is 5.75 Å². The van der Waals surface area contributed by atoms with Crippen molar-refractivity contribution < 1.29 is 4.74 Å². The van der Waals surface area contributed by atoms with Crippen molar-refractivity contribution in [3.05, 3.63) is 47.5 Å².